The van der Waals surface area contributed by atoms with E-state index in [1.165, 1.54) is 20.0 Å². The van der Waals surface area contributed by atoms with Gasteiger partial charge in [-0.3, -0.25) is 4.68 Å². The van der Waals surface area contributed by atoms with Gasteiger partial charge in [-0.15, -0.1) is 0 Å². The predicted octanol–water partition coefficient (Wildman–Crippen LogP) is 2.88. The molecular formula is C18H18N4O2. The molecule has 0 aromatic carbocycles. The van der Waals surface area contributed by atoms with E-state index in [-0.39, 0.29) is 0 Å². The van der Waals surface area contributed by atoms with Crippen molar-refractivity contribution in [3.8, 4) is 0 Å². The zero-order chi connectivity index (χ0) is 16.5. The summed E-state index contributed by atoms with van der Waals surface area (Å²) >= 11 is 0. The second-order valence-corrected chi connectivity index (χ2v) is 6.04. The van der Waals surface area contributed by atoms with E-state index in [0.717, 1.165) is 23.3 Å². The number of H-pyrrole nitrogens is 1. The second kappa shape index (κ2) is 5.96. The minimum Gasteiger partial charge on any atom is -0.465 e. The Morgan fingerprint density at radius 2 is 2.25 bits per heavy atom. The molecule has 0 amide bonds. The maximum Gasteiger partial charge on any atom is 0.340 e. The molecule has 0 saturated heterocycles. The molecule has 1 N–H and O–H groups in total. The lowest BCUT2D eigenvalue weighted by Crippen LogP contribution is -2.08. The van der Waals surface area contributed by atoms with Gasteiger partial charge in [-0.1, -0.05) is 0 Å². The highest BCUT2D eigenvalue weighted by molar-refractivity contribution is 6.21. The van der Waals surface area contributed by atoms with Crippen molar-refractivity contribution in [1.82, 2.24) is 19.7 Å². The molecule has 4 rings (SSSR count). The Kier molecular flexibility index (Phi) is 3.65. The zero-order valence-electron chi connectivity index (χ0n) is 13.4. The van der Waals surface area contributed by atoms with E-state index in [1.807, 2.05) is 35.1 Å². The molecule has 6 nitrogen and oxygen atoms in total. The number of esters is 1. The van der Waals surface area contributed by atoms with Crippen LogP contribution in [-0.4, -0.2) is 32.8 Å². The number of hydrogen-bond acceptors (Lipinski definition) is 4. The summed E-state index contributed by atoms with van der Waals surface area (Å²) in [6, 6.07) is 7.61. The van der Waals surface area contributed by atoms with Crippen LogP contribution in [0.1, 0.15) is 24.2 Å². The molecule has 0 atom stereocenters. The first-order valence-corrected chi connectivity index (χ1v) is 8.01. The van der Waals surface area contributed by atoms with Gasteiger partial charge in [0.15, 0.2) is 0 Å². The summed E-state index contributed by atoms with van der Waals surface area (Å²) in [6.07, 6.45) is 7.88. The molecule has 24 heavy (non-hydrogen) atoms. The number of nitrogens with one attached hydrogen (secondary N) is 1. The van der Waals surface area contributed by atoms with Crippen LogP contribution >= 0.6 is 0 Å². The third kappa shape index (κ3) is 2.82. The Bertz CT molecular complexity index is 918. The van der Waals surface area contributed by atoms with Gasteiger partial charge in [0.05, 0.1) is 24.1 Å². The van der Waals surface area contributed by atoms with Crippen LogP contribution < -0.4 is 0 Å². The number of carbonyl (C=O) groups is 1. The monoisotopic (exact) mass is 322 g/mol. The molecule has 0 spiro atoms. The van der Waals surface area contributed by atoms with Gasteiger partial charge in [0.2, 0.25) is 0 Å². The SMILES string of the molecule is COC(=O)C(=Cc1ccnn1CC1CC1)c1ccc2cc[nH]c2n1. The van der Waals surface area contributed by atoms with Gasteiger partial charge in [-0.25, -0.2) is 9.78 Å². The molecule has 0 unspecified atom stereocenters. The Labute approximate surface area is 139 Å². The van der Waals surface area contributed by atoms with Crippen molar-refractivity contribution in [2.45, 2.75) is 19.4 Å². The van der Waals surface area contributed by atoms with Gasteiger partial charge in [0.25, 0.3) is 0 Å². The zero-order valence-corrected chi connectivity index (χ0v) is 13.4. The summed E-state index contributed by atoms with van der Waals surface area (Å²) in [5.74, 6) is 0.291. The van der Waals surface area contributed by atoms with Crippen molar-refractivity contribution in [3.63, 3.8) is 0 Å². The van der Waals surface area contributed by atoms with Gasteiger partial charge < -0.3 is 9.72 Å². The number of fused-ring (bicyclic) bond motifs is 1. The first kappa shape index (κ1) is 14.7. The summed E-state index contributed by atoms with van der Waals surface area (Å²) in [7, 11) is 1.38. The topological polar surface area (TPSA) is 72.8 Å². The number of pyridine rings is 1. The maximum atomic E-state index is 12.3. The fraction of sp³-hybridized carbons (Fsp3) is 0.278. The van der Waals surface area contributed by atoms with E-state index < -0.39 is 5.97 Å². The van der Waals surface area contributed by atoms with Crippen molar-refractivity contribution in [1.29, 1.82) is 0 Å². The number of ether oxygens (including phenoxy) is 1. The smallest absolute Gasteiger partial charge is 0.340 e. The summed E-state index contributed by atoms with van der Waals surface area (Å²) in [6.45, 7) is 0.885. The highest BCUT2D eigenvalue weighted by Crippen LogP contribution is 2.31. The Morgan fingerprint density at radius 1 is 1.38 bits per heavy atom. The van der Waals surface area contributed by atoms with Crippen LogP contribution in [0.4, 0.5) is 0 Å². The molecule has 1 aliphatic rings. The molecule has 0 bridgehead atoms. The van der Waals surface area contributed by atoms with Gasteiger partial charge in [-0.2, -0.15) is 5.10 Å². The summed E-state index contributed by atoms with van der Waals surface area (Å²) in [5.41, 5.74) is 2.63. The normalized spacial score (nSPS) is 15.0. The highest BCUT2D eigenvalue weighted by Gasteiger charge is 2.23. The number of methoxy groups -OCH3 is 1. The Morgan fingerprint density at radius 3 is 3.04 bits per heavy atom. The molecule has 122 valence electrons. The molecule has 1 saturated carbocycles. The lowest BCUT2D eigenvalue weighted by Gasteiger charge is -2.07. The van der Waals surface area contributed by atoms with E-state index in [2.05, 4.69) is 15.1 Å². The van der Waals surface area contributed by atoms with Gasteiger partial charge >= 0.3 is 5.97 Å². The summed E-state index contributed by atoms with van der Waals surface area (Å²) < 4.78 is 6.89. The summed E-state index contributed by atoms with van der Waals surface area (Å²) in [5, 5.41) is 5.36. The lowest BCUT2D eigenvalue weighted by atomic mass is 10.1. The van der Waals surface area contributed by atoms with Crippen LogP contribution in [0.5, 0.6) is 0 Å². The molecule has 0 aliphatic heterocycles. The number of aromatic amines is 1. The minimum absolute atomic E-state index is 0.410. The van der Waals surface area contributed by atoms with E-state index in [1.54, 1.807) is 12.3 Å². The first-order valence-electron chi connectivity index (χ1n) is 8.01. The van der Waals surface area contributed by atoms with Crippen LogP contribution in [0.15, 0.2) is 36.7 Å². The lowest BCUT2D eigenvalue weighted by molar-refractivity contribution is -0.133. The van der Waals surface area contributed by atoms with E-state index >= 15 is 0 Å². The molecular weight excluding hydrogens is 304 g/mol. The number of rotatable bonds is 5. The van der Waals surface area contributed by atoms with E-state index in [0.29, 0.717) is 17.2 Å². The second-order valence-electron chi connectivity index (χ2n) is 6.04. The van der Waals surface area contributed by atoms with Crippen LogP contribution in [0.25, 0.3) is 22.7 Å². The average molecular weight is 322 g/mol. The molecule has 3 aromatic heterocycles. The molecule has 3 aromatic rings. The Hall–Kier alpha value is -2.89. The molecule has 1 aliphatic carbocycles. The molecule has 6 heteroatoms. The standard InChI is InChI=1S/C18H18N4O2/c1-24-18(23)15(16-5-4-13-6-8-19-17(13)21-16)10-14-7-9-20-22(14)11-12-2-3-12/h4-10,12H,2-3,11H2,1H3,(H,19,21). The van der Waals surface area contributed by atoms with Crippen molar-refractivity contribution in [2.75, 3.05) is 7.11 Å². The fourth-order valence-corrected chi connectivity index (χ4v) is 2.74. The van der Waals surface area contributed by atoms with Crippen LogP contribution in [0.2, 0.25) is 0 Å². The first-order chi connectivity index (χ1) is 11.7. The minimum atomic E-state index is -0.410. The van der Waals surface area contributed by atoms with Crippen molar-refractivity contribution < 1.29 is 9.53 Å². The largest absolute Gasteiger partial charge is 0.465 e. The van der Waals surface area contributed by atoms with Crippen LogP contribution in [0.3, 0.4) is 0 Å². The van der Waals surface area contributed by atoms with Crippen LogP contribution in [0, 0.1) is 5.92 Å². The maximum absolute atomic E-state index is 12.3. The fourth-order valence-electron chi connectivity index (χ4n) is 2.74. The Balaban J connectivity index is 1.75. The quantitative estimate of drug-likeness (QED) is 0.579. The predicted molar refractivity (Wildman–Crippen MR) is 90.9 cm³/mol. The third-order valence-corrected chi connectivity index (χ3v) is 4.26. The molecule has 1 fully saturated rings. The molecule has 0 radical (unpaired) electrons. The van der Waals surface area contributed by atoms with Gasteiger partial charge in [-0.05, 0) is 49.1 Å². The third-order valence-electron chi connectivity index (χ3n) is 4.26. The van der Waals surface area contributed by atoms with E-state index in [9.17, 15) is 4.79 Å². The number of carbonyl (C=O) groups excluding carboxylic acids is 1. The number of nitrogens with zero attached hydrogens (tertiary/aromatic N) is 3. The van der Waals surface area contributed by atoms with Gasteiger partial charge in [0, 0.05) is 24.3 Å². The average Bonchev–Trinajstić information content (AvgIpc) is 3.11. The van der Waals surface area contributed by atoms with E-state index in [4.69, 9.17) is 4.74 Å². The van der Waals surface area contributed by atoms with Crippen LogP contribution in [-0.2, 0) is 16.1 Å². The van der Waals surface area contributed by atoms with Crippen molar-refractivity contribution in [3.05, 3.63) is 48.0 Å². The highest BCUT2D eigenvalue weighted by atomic mass is 16.5. The summed E-state index contributed by atoms with van der Waals surface area (Å²) in [4.78, 5) is 19.9. The molecule has 3 heterocycles. The number of hydrogen-bond donors (Lipinski definition) is 1. The van der Waals surface area contributed by atoms with Crippen molar-refractivity contribution in [2.24, 2.45) is 5.92 Å². The number of aromatic nitrogens is 4. The van der Waals surface area contributed by atoms with Crippen molar-refractivity contribution >= 4 is 28.7 Å². The van der Waals surface area contributed by atoms with Gasteiger partial charge in [0.1, 0.15) is 5.65 Å².